The Balaban J connectivity index is 2.41. The fourth-order valence-corrected chi connectivity index (χ4v) is 4.83. The van der Waals surface area contributed by atoms with Crippen LogP contribution in [0.5, 0.6) is 0 Å². The van der Waals surface area contributed by atoms with Crippen LogP contribution in [0.15, 0.2) is 53.6 Å². The average Bonchev–Trinajstić information content (AvgIpc) is 2.84. The van der Waals surface area contributed by atoms with Crippen molar-refractivity contribution in [2.24, 2.45) is 0 Å². The van der Waals surface area contributed by atoms with Gasteiger partial charge in [-0.15, -0.1) is 0 Å². The van der Waals surface area contributed by atoms with E-state index < -0.39 is 10.0 Å². The first-order valence-electron chi connectivity index (χ1n) is 5.92. The monoisotopic (exact) mass is 409 g/mol. The van der Waals surface area contributed by atoms with Crippen molar-refractivity contribution in [3.63, 3.8) is 0 Å². The van der Waals surface area contributed by atoms with Gasteiger partial charge < -0.3 is 0 Å². The molecule has 0 bridgehead atoms. The molecule has 0 saturated carbocycles. The molecule has 0 aliphatic rings. The predicted molar refractivity (Wildman–Crippen MR) is 86.2 cm³/mol. The van der Waals surface area contributed by atoms with Crippen LogP contribution in [0.25, 0.3) is 11.0 Å². The summed E-state index contributed by atoms with van der Waals surface area (Å²) in [4.78, 5) is 4.31. The van der Waals surface area contributed by atoms with Gasteiger partial charge in [0.1, 0.15) is 11.6 Å². The summed E-state index contributed by atoms with van der Waals surface area (Å²) >= 11 is 1.93. The number of rotatable bonds is 2. The molecule has 21 heavy (non-hydrogen) atoms. The Labute approximate surface area is 135 Å². The quantitative estimate of drug-likeness (QED) is 0.610. The third-order valence-electron chi connectivity index (χ3n) is 3.01. The lowest BCUT2D eigenvalue weighted by atomic mass is 10.2. The third-order valence-corrected chi connectivity index (χ3v) is 5.86. The van der Waals surface area contributed by atoms with Gasteiger partial charge in [-0.2, -0.15) is 5.26 Å². The second-order valence-corrected chi connectivity index (χ2v) is 7.15. The predicted octanol–water partition coefficient (Wildman–Crippen LogP) is 2.75. The van der Waals surface area contributed by atoms with Gasteiger partial charge in [-0.1, -0.05) is 18.2 Å². The van der Waals surface area contributed by atoms with Gasteiger partial charge in [0.25, 0.3) is 10.0 Å². The SMILES string of the molecule is N#Cc1ccnc2cc(I)n(S(=O)(=O)c3ccccc3)c12. The first-order chi connectivity index (χ1) is 10.1. The normalized spacial score (nSPS) is 11.4. The van der Waals surface area contributed by atoms with Crippen LogP contribution in [0.2, 0.25) is 0 Å². The van der Waals surface area contributed by atoms with Crippen molar-refractivity contribution in [2.75, 3.05) is 0 Å². The standard InChI is InChI=1S/C14H8IN3O2S/c15-13-8-12-14(10(9-16)6-7-17-12)18(13)21(19,20)11-4-2-1-3-5-11/h1-8H. The van der Waals surface area contributed by atoms with E-state index in [4.69, 9.17) is 0 Å². The van der Waals surface area contributed by atoms with E-state index in [0.29, 0.717) is 14.7 Å². The summed E-state index contributed by atoms with van der Waals surface area (Å²) in [5.41, 5.74) is 1.08. The Hall–Kier alpha value is -1.92. The van der Waals surface area contributed by atoms with E-state index in [1.54, 1.807) is 24.3 Å². The smallest absolute Gasteiger partial charge is 0.254 e. The molecule has 0 saturated heterocycles. The van der Waals surface area contributed by atoms with Gasteiger partial charge >= 0.3 is 0 Å². The van der Waals surface area contributed by atoms with Crippen LogP contribution in [0, 0.1) is 15.0 Å². The van der Waals surface area contributed by atoms with Crippen LogP contribution in [0.1, 0.15) is 5.56 Å². The second kappa shape index (κ2) is 5.13. The van der Waals surface area contributed by atoms with Crippen LogP contribution < -0.4 is 0 Å². The summed E-state index contributed by atoms with van der Waals surface area (Å²) in [6.45, 7) is 0. The summed E-state index contributed by atoms with van der Waals surface area (Å²) in [6, 6.07) is 13.3. The molecule has 2 heterocycles. The minimum atomic E-state index is -3.77. The van der Waals surface area contributed by atoms with E-state index in [9.17, 15) is 13.7 Å². The van der Waals surface area contributed by atoms with Gasteiger partial charge in [0.2, 0.25) is 0 Å². The van der Waals surface area contributed by atoms with Gasteiger partial charge in [-0.05, 0) is 46.9 Å². The Morgan fingerprint density at radius 2 is 1.90 bits per heavy atom. The molecule has 7 heteroatoms. The Morgan fingerprint density at radius 3 is 2.57 bits per heavy atom. The molecule has 104 valence electrons. The van der Waals surface area contributed by atoms with Gasteiger partial charge in [0.15, 0.2) is 0 Å². The lowest BCUT2D eigenvalue weighted by molar-refractivity contribution is 0.588. The fraction of sp³-hybridized carbons (Fsp3) is 0. The molecule has 5 nitrogen and oxygen atoms in total. The van der Waals surface area contributed by atoms with Crippen molar-refractivity contribution < 1.29 is 8.42 Å². The number of hydrogen-bond donors (Lipinski definition) is 0. The maximum absolute atomic E-state index is 12.8. The molecule has 0 aliphatic carbocycles. The van der Waals surface area contributed by atoms with E-state index in [1.807, 2.05) is 28.7 Å². The minimum absolute atomic E-state index is 0.174. The van der Waals surface area contributed by atoms with Crippen molar-refractivity contribution in [1.29, 1.82) is 5.26 Å². The molecule has 0 atom stereocenters. The fourth-order valence-electron chi connectivity index (χ4n) is 2.09. The highest BCUT2D eigenvalue weighted by molar-refractivity contribution is 14.1. The minimum Gasteiger partial charge on any atom is -0.254 e. The number of hydrogen-bond acceptors (Lipinski definition) is 4. The van der Waals surface area contributed by atoms with Crippen molar-refractivity contribution in [2.45, 2.75) is 4.90 Å². The molecule has 3 rings (SSSR count). The highest BCUT2D eigenvalue weighted by atomic mass is 127. The molecule has 3 aromatic rings. The molecule has 0 unspecified atom stereocenters. The number of fused-ring (bicyclic) bond motifs is 1. The second-order valence-electron chi connectivity index (χ2n) is 4.25. The molecular formula is C14H8IN3O2S. The molecule has 0 aliphatic heterocycles. The summed E-state index contributed by atoms with van der Waals surface area (Å²) in [6.07, 6.45) is 1.50. The third kappa shape index (κ3) is 2.20. The highest BCUT2D eigenvalue weighted by Gasteiger charge is 2.24. The molecule has 0 amide bonds. The molecule has 0 spiro atoms. The molecule has 2 aromatic heterocycles. The zero-order valence-electron chi connectivity index (χ0n) is 10.6. The lowest BCUT2D eigenvalue weighted by Gasteiger charge is -2.09. The van der Waals surface area contributed by atoms with Crippen LogP contribution in [-0.4, -0.2) is 17.4 Å². The maximum atomic E-state index is 12.8. The van der Waals surface area contributed by atoms with Gasteiger partial charge in [-0.25, -0.2) is 12.4 Å². The van der Waals surface area contributed by atoms with Crippen LogP contribution in [-0.2, 0) is 10.0 Å². The van der Waals surface area contributed by atoms with Crippen molar-refractivity contribution in [3.05, 3.63) is 57.9 Å². The zero-order valence-corrected chi connectivity index (χ0v) is 13.5. The van der Waals surface area contributed by atoms with Crippen molar-refractivity contribution in [1.82, 2.24) is 8.96 Å². The van der Waals surface area contributed by atoms with E-state index in [-0.39, 0.29) is 10.5 Å². The summed E-state index contributed by atoms with van der Waals surface area (Å²) in [5.74, 6) is 0. The first kappa shape index (κ1) is 14.0. The van der Waals surface area contributed by atoms with Gasteiger partial charge in [-0.3, -0.25) is 4.98 Å². The highest BCUT2D eigenvalue weighted by Crippen LogP contribution is 2.27. The van der Waals surface area contributed by atoms with Gasteiger partial charge in [0, 0.05) is 6.20 Å². The van der Waals surface area contributed by atoms with Gasteiger partial charge in [0.05, 0.1) is 19.7 Å². The summed E-state index contributed by atoms with van der Waals surface area (Å²) < 4.78 is 27.3. The largest absolute Gasteiger partial charge is 0.269 e. The number of nitriles is 1. The van der Waals surface area contributed by atoms with Crippen LogP contribution in [0.3, 0.4) is 0 Å². The number of nitrogens with zero attached hydrogens (tertiary/aromatic N) is 3. The Morgan fingerprint density at radius 1 is 1.19 bits per heavy atom. The molecular weight excluding hydrogens is 401 g/mol. The number of benzene rings is 1. The molecule has 0 N–H and O–H groups in total. The van der Waals surface area contributed by atoms with Crippen molar-refractivity contribution in [3.8, 4) is 6.07 Å². The molecule has 1 aromatic carbocycles. The Kier molecular flexibility index (Phi) is 3.43. The Bertz CT molecular complexity index is 973. The van der Waals surface area contributed by atoms with E-state index in [0.717, 1.165) is 0 Å². The number of pyridine rings is 1. The van der Waals surface area contributed by atoms with E-state index in [1.165, 1.54) is 28.4 Å². The summed E-state index contributed by atoms with van der Waals surface area (Å²) in [5, 5.41) is 9.22. The van der Waals surface area contributed by atoms with Crippen molar-refractivity contribution >= 4 is 43.6 Å². The number of aromatic nitrogens is 2. The van der Waals surface area contributed by atoms with E-state index in [2.05, 4.69) is 4.98 Å². The zero-order chi connectivity index (χ0) is 15.0. The molecule has 0 fully saturated rings. The molecule has 0 radical (unpaired) electrons. The van der Waals surface area contributed by atoms with Crippen LogP contribution >= 0.6 is 22.6 Å². The number of halogens is 1. The average molecular weight is 409 g/mol. The van der Waals surface area contributed by atoms with Crippen LogP contribution in [0.4, 0.5) is 0 Å². The maximum Gasteiger partial charge on any atom is 0.269 e. The van der Waals surface area contributed by atoms with E-state index >= 15 is 0 Å². The summed E-state index contributed by atoms with van der Waals surface area (Å²) in [7, 11) is -3.77. The topological polar surface area (TPSA) is 75.8 Å². The first-order valence-corrected chi connectivity index (χ1v) is 8.44. The lowest BCUT2D eigenvalue weighted by Crippen LogP contribution is -2.14.